The van der Waals surface area contributed by atoms with Gasteiger partial charge in [0, 0.05) is 50.7 Å². The zero-order valence-electron chi connectivity index (χ0n) is 43.0. The Morgan fingerprint density at radius 2 is 0.829 bits per heavy atom. The van der Waals surface area contributed by atoms with Gasteiger partial charge in [-0.15, -0.1) is 0 Å². The highest BCUT2D eigenvalue weighted by Crippen LogP contribution is 2.52. The number of hydrogen-bond donors (Lipinski definition) is 0. The smallest absolute Gasteiger partial charge is 0.331 e. The van der Waals surface area contributed by atoms with E-state index in [2.05, 4.69) is 14.1 Å². The van der Waals surface area contributed by atoms with Crippen molar-refractivity contribution in [2.75, 3.05) is 125 Å². The fourth-order valence-corrected chi connectivity index (χ4v) is 10.4. The first kappa shape index (κ1) is 52.8. The molecule has 380 valence electrons. The molecule has 0 aliphatic carbocycles. The van der Waals surface area contributed by atoms with E-state index in [9.17, 15) is 9.59 Å². The number of quaternary nitrogens is 2. The van der Waals surface area contributed by atoms with E-state index in [4.69, 9.17) is 56.8 Å². The fourth-order valence-electron chi connectivity index (χ4n) is 10.4. The molecule has 0 bridgehead atoms. The van der Waals surface area contributed by atoms with Gasteiger partial charge in [-0.25, -0.2) is 9.59 Å². The van der Waals surface area contributed by atoms with Gasteiger partial charge in [-0.3, -0.25) is 0 Å². The molecule has 0 spiro atoms. The molecule has 4 atom stereocenters. The van der Waals surface area contributed by atoms with Crippen LogP contribution in [-0.4, -0.2) is 145 Å². The largest absolute Gasteiger partial charge is 0.493 e. The molecule has 0 unspecified atom stereocenters. The minimum Gasteiger partial charge on any atom is -0.493 e. The van der Waals surface area contributed by atoms with Gasteiger partial charge in [-0.2, -0.15) is 0 Å². The molecular weight excluding hydrogens is 901 g/mol. The van der Waals surface area contributed by atoms with Crippen molar-refractivity contribution in [1.82, 2.24) is 0 Å². The minimum atomic E-state index is -0.618. The second kappa shape index (κ2) is 23.9. The summed E-state index contributed by atoms with van der Waals surface area (Å²) in [5, 5.41) is 0. The number of esters is 2. The van der Waals surface area contributed by atoms with Gasteiger partial charge in [0.05, 0.1) is 136 Å². The molecule has 16 nitrogen and oxygen atoms in total. The lowest BCUT2D eigenvalue weighted by Crippen LogP contribution is -2.53. The van der Waals surface area contributed by atoms with Crippen LogP contribution in [0.4, 0.5) is 0 Å². The highest BCUT2D eigenvalue weighted by atomic mass is 16.6. The van der Waals surface area contributed by atoms with Gasteiger partial charge in [-0.05, 0) is 58.7 Å². The van der Waals surface area contributed by atoms with Crippen LogP contribution in [0.15, 0.2) is 60.7 Å². The van der Waals surface area contributed by atoms with E-state index in [1.54, 1.807) is 71.1 Å². The minimum absolute atomic E-state index is 0.0591. The van der Waals surface area contributed by atoms with Crippen LogP contribution in [0.3, 0.4) is 0 Å². The molecule has 0 fully saturated rings. The number of benzene rings is 4. The molecule has 2 aliphatic heterocycles. The quantitative estimate of drug-likeness (QED) is 0.0296. The third-order valence-corrected chi connectivity index (χ3v) is 14.1. The zero-order chi connectivity index (χ0) is 50.6. The number of methoxy groups -OCH3 is 10. The van der Waals surface area contributed by atoms with E-state index in [1.165, 1.54) is 0 Å². The second-order valence-electron chi connectivity index (χ2n) is 18.0. The molecule has 70 heavy (non-hydrogen) atoms. The Labute approximate surface area is 412 Å². The third-order valence-electron chi connectivity index (χ3n) is 14.1. The van der Waals surface area contributed by atoms with Crippen molar-refractivity contribution in [2.45, 2.75) is 50.6 Å². The highest BCUT2D eigenvalue weighted by molar-refractivity contribution is 5.91. The third kappa shape index (κ3) is 11.4. The summed E-state index contributed by atoms with van der Waals surface area (Å²) in [6.45, 7) is 3.37. The molecule has 4 aromatic carbocycles. The lowest BCUT2D eigenvalue weighted by atomic mass is 9.85. The van der Waals surface area contributed by atoms with E-state index in [0.29, 0.717) is 105 Å². The normalized spacial score (nSPS) is 19.3. The maximum absolute atomic E-state index is 12.9. The van der Waals surface area contributed by atoms with Crippen LogP contribution in [0.5, 0.6) is 57.5 Å². The van der Waals surface area contributed by atoms with Crippen LogP contribution in [-0.2, 0) is 44.7 Å². The van der Waals surface area contributed by atoms with E-state index >= 15 is 0 Å². The zero-order valence-corrected chi connectivity index (χ0v) is 43.0. The highest BCUT2D eigenvalue weighted by Gasteiger charge is 2.44. The predicted molar refractivity (Wildman–Crippen MR) is 264 cm³/mol. The summed E-state index contributed by atoms with van der Waals surface area (Å²) >= 11 is 0. The number of carbonyl (C=O) groups is 2. The van der Waals surface area contributed by atoms with E-state index in [1.807, 2.05) is 48.5 Å². The number of ether oxygens (including phenoxy) is 12. The molecular formula is C54H72N2O14+2. The molecule has 0 aromatic heterocycles. The Balaban J connectivity index is 1.08. The van der Waals surface area contributed by atoms with Crippen molar-refractivity contribution in [2.24, 2.45) is 0 Å². The van der Waals surface area contributed by atoms with Gasteiger partial charge in [-0.1, -0.05) is 12.1 Å². The van der Waals surface area contributed by atoms with Crippen LogP contribution < -0.4 is 47.4 Å². The van der Waals surface area contributed by atoms with Gasteiger partial charge in [0.1, 0.15) is 12.1 Å². The van der Waals surface area contributed by atoms with E-state index < -0.39 is 11.9 Å². The number of fused-ring (bicyclic) bond motifs is 2. The first-order chi connectivity index (χ1) is 33.8. The van der Waals surface area contributed by atoms with Crippen LogP contribution in [0.25, 0.3) is 0 Å². The Morgan fingerprint density at radius 1 is 0.471 bits per heavy atom. The summed E-state index contributed by atoms with van der Waals surface area (Å²) in [4.78, 5) is 25.8. The number of rotatable bonds is 24. The molecule has 16 heteroatoms. The van der Waals surface area contributed by atoms with Crippen molar-refractivity contribution in [3.05, 3.63) is 94.1 Å². The molecule has 0 N–H and O–H groups in total. The Bertz CT molecular complexity index is 2320. The number of hydrogen-bond acceptors (Lipinski definition) is 14. The molecule has 0 saturated heterocycles. The number of carbonyl (C=O) groups excluding carboxylic acids is 2. The van der Waals surface area contributed by atoms with Crippen LogP contribution in [0, 0.1) is 0 Å². The van der Waals surface area contributed by atoms with Crippen LogP contribution in [0.1, 0.15) is 58.3 Å². The monoisotopic (exact) mass is 972 g/mol. The van der Waals surface area contributed by atoms with Gasteiger partial charge >= 0.3 is 11.9 Å². The predicted octanol–water partition coefficient (Wildman–Crippen LogP) is 7.47. The standard InChI is InChI=1S/C54H72N2O14/c1-55(25-21-37-33-45(63-7)51(65-9)53(67-11)49(37)39(55)29-35-15-17-41(59-3)43(31-35)61-5)23-13-27-69-47(57)19-20-48(58)70-28-14-24-56(2)26-22-38-34-46(64-8)52(66-10)54(68-12)50(38)40(56)30-36-16-18-42(60-4)44(32-36)62-6/h15-20,31-34,39-40H,13-14,21-30H2,1-12H3/q+2/b20-19+/t39-,40-,55-,56+/m1/s1. The summed E-state index contributed by atoms with van der Waals surface area (Å²) in [7, 11) is 20.7. The van der Waals surface area contributed by atoms with Crippen LogP contribution >= 0.6 is 0 Å². The molecule has 4 aromatic rings. The molecule has 2 heterocycles. The Hall–Kier alpha value is -6.52. The average Bonchev–Trinajstić information content (AvgIpc) is 3.38. The molecule has 2 aliphatic rings. The van der Waals surface area contributed by atoms with Gasteiger partial charge in [0.15, 0.2) is 46.0 Å². The first-order valence-electron chi connectivity index (χ1n) is 23.5. The van der Waals surface area contributed by atoms with E-state index in [-0.39, 0.29) is 25.3 Å². The van der Waals surface area contributed by atoms with Gasteiger partial charge in [0.25, 0.3) is 0 Å². The summed E-state index contributed by atoms with van der Waals surface area (Å²) < 4.78 is 70.1. The molecule has 0 saturated carbocycles. The lowest BCUT2D eigenvalue weighted by molar-refractivity contribution is -0.941. The average molecular weight is 973 g/mol. The summed E-state index contributed by atoms with van der Waals surface area (Å²) in [5.41, 5.74) is 6.49. The van der Waals surface area contributed by atoms with Crippen LogP contribution in [0.2, 0.25) is 0 Å². The fraction of sp³-hybridized carbons (Fsp3) is 0.481. The van der Waals surface area contributed by atoms with E-state index in [0.717, 1.165) is 71.5 Å². The lowest BCUT2D eigenvalue weighted by Gasteiger charge is -2.46. The van der Waals surface area contributed by atoms with Crippen molar-refractivity contribution >= 4 is 11.9 Å². The maximum Gasteiger partial charge on any atom is 0.331 e. The Kier molecular flexibility index (Phi) is 18.0. The topological polar surface area (TPSA) is 145 Å². The number of likely N-dealkylation sites (N-methyl/N-ethyl adjacent to an activating group) is 2. The molecule has 0 radical (unpaired) electrons. The maximum atomic E-state index is 12.9. The first-order valence-corrected chi connectivity index (χ1v) is 23.5. The summed E-state index contributed by atoms with van der Waals surface area (Å²) in [5.74, 6) is 4.95. The van der Waals surface area contributed by atoms with Gasteiger partial charge < -0.3 is 65.8 Å². The second-order valence-corrected chi connectivity index (χ2v) is 18.0. The summed E-state index contributed by atoms with van der Waals surface area (Å²) in [6.07, 6.45) is 6.29. The van der Waals surface area contributed by atoms with Crippen molar-refractivity contribution in [1.29, 1.82) is 0 Å². The molecule has 6 rings (SSSR count). The van der Waals surface area contributed by atoms with Crippen molar-refractivity contribution in [3.8, 4) is 57.5 Å². The van der Waals surface area contributed by atoms with Crippen molar-refractivity contribution < 1.29 is 75.4 Å². The van der Waals surface area contributed by atoms with Crippen molar-refractivity contribution in [3.63, 3.8) is 0 Å². The number of nitrogens with zero attached hydrogens (tertiary/aromatic N) is 2. The Morgan fingerprint density at radius 3 is 1.16 bits per heavy atom. The summed E-state index contributed by atoms with van der Waals surface area (Å²) in [6, 6.07) is 15.9. The SMILES string of the molecule is COc1ccc(C[C@@H]2c3c(cc(OC)c(OC)c3OC)CC[N@+]2(C)CCCOC(=O)/C=C/C(=O)OCCC[N@+]2(C)CCc3cc(OC)c(OC)c(OC)c3[C@H]2Cc2ccc(OC)c(OC)c2)cc1OC. The molecule has 0 amide bonds. The van der Waals surface area contributed by atoms with Gasteiger partial charge in [0.2, 0.25) is 11.5 Å².